The predicted molar refractivity (Wildman–Crippen MR) is 146 cm³/mol. The first-order valence-electron chi connectivity index (χ1n) is 12.2. The zero-order valence-corrected chi connectivity index (χ0v) is 21.2. The summed E-state index contributed by atoms with van der Waals surface area (Å²) in [4.78, 5) is 18.9. The Kier molecular flexibility index (Phi) is 7.69. The molecule has 184 valence electrons. The third-order valence-electron chi connectivity index (χ3n) is 6.30. The van der Waals surface area contributed by atoms with E-state index < -0.39 is 0 Å². The van der Waals surface area contributed by atoms with Crippen LogP contribution in [0.25, 0.3) is 0 Å². The molecule has 1 amide bonds. The minimum Gasteiger partial charge on any atom is -0.369 e. The second kappa shape index (κ2) is 11.5. The van der Waals surface area contributed by atoms with Crippen molar-refractivity contribution in [2.75, 3.05) is 36.4 Å². The van der Waals surface area contributed by atoms with Crippen LogP contribution >= 0.6 is 11.8 Å². The molecule has 0 saturated carbocycles. The van der Waals surface area contributed by atoms with Crippen LogP contribution in [0.15, 0.2) is 94.3 Å². The summed E-state index contributed by atoms with van der Waals surface area (Å²) in [5.74, 6) is 1.32. The van der Waals surface area contributed by atoms with Crippen molar-refractivity contribution in [1.82, 2.24) is 10.1 Å². The van der Waals surface area contributed by atoms with Crippen LogP contribution in [0.5, 0.6) is 0 Å². The minimum atomic E-state index is -0.114. The SMILES string of the molecule is Cc1cc(CSc2ccccc2C(=O)Nc2ccc(N3CCN(Cc4ccccc4)CC3)cc2)no1. The maximum atomic E-state index is 13.0. The Morgan fingerprint density at radius 1 is 0.944 bits per heavy atom. The fourth-order valence-electron chi connectivity index (χ4n) is 4.38. The molecular weight excluding hydrogens is 468 g/mol. The van der Waals surface area contributed by atoms with Gasteiger partial charge in [0.2, 0.25) is 0 Å². The van der Waals surface area contributed by atoms with Crippen molar-refractivity contribution >= 4 is 29.0 Å². The van der Waals surface area contributed by atoms with Gasteiger partial charge in [-0.15, -0.1) is 11.8 Å². The Balaban J connectivity index is 1.15. The number of benzene rings is 3. The zero-order chi connectivity index (χ0) is 24.7. The van der Waals surface area contributed by atoms with Crippen LogP contribution in [0.2, 0.25) is 0 Å². The topological polar surface area (TPSA) is 61.6 Å². The van der Waals surface area contributed by atoms with Gasteiger partial charge in [-0.25, -0.2) is 0 Å². The average Bonchev–Trinajstić information content (AvgIpc) is 3.34. The van der Waals surface area contributed by atoms with Crippen molar-refractivity contribution in [3.8, 4) is 0 Å². The molecule has 3 aromatic carbocycles. The van der Waals surface area contributed by atoms with Crippen molar-refractivity contribution < 1.29 is 9.32 Å². The molecule has 0 radical (unpaired) electrons. The fourth-order valence-corrected chi connectivity index (χ4v) is 5.31. The van der Waals surface area contributed by atoms with Gasteiger partial charge < -0.3 is 14.7 Å². The molecule has 1 aliphatic rings. The summed E-state index contributed by atoms with van der Waals surface area (Å²) in [6.07, 6.45) is 0. The number of hydrogen-bond acceptors (Lipinski definition) is 6. The Bertz CT molecular complexity index is 1280. The molecule has 0 unspecified atom stereocenters. The van der Waals surface area contributed by atoms with Crippen molar-refractivity contribution in [3.05, 3.63) is 108 Å². The number of anilines is 2. The highest BCUT2D eigenvalue weighted by Crippen LogP contribution is 2.27. The van der Waals surface area contributed by atoms with Crippen LogP contribution in [-0.2, 0) is 12.3 Å². The molecule has 6 nitrogen and oxygen atoms in total. The lowest BCUT2D eigenvalue weighted by atomic mass is 10.1. The van der Waals surface area contributed by atoms with E-state index in [0.717, 1.165) is 54.8 Å². The number of aryl methyl sites for hydroxylation is 1. The lowest BCUT2D eigenvalue weighted by Crippen LogP contribution is -2.45. The molecule has 0 atom stereocenters. The highest BCUT2D eigenvalue weighted by molar-refractivity contribution is 7.98. The molecule has 36 heavy (non-hydrogen) atoms. The third-order valence-corrected chi connectivity index (χ3v) is 7.40. The number of rotatable bonds is 8. The van der Waals surface area contributed by atoms with Crippen molar-refractivity contribution in [2.24, 2.45) is 0 Å². The number of hydrogen-bond donors (Lipinski definition) is 1. The molecule has 0 spiro atoms. The number of nitrogens with zero attached hydrogens (tertiary/aromatic N) is 3. The summed E-state index contributed by atoms with van der Waals surface area (Å²) >= 11 is 1.58. The molecule has 1 fully saturated rings. The summed E-state index contributed by atoms with van der Waals surface area (Å²) < 4.78 is 5.14. The highest BCUT2D eigenvalue weighted by Gasteiger charge is 2.18. The fraction of sp³-hybridized carbons (Fsp3) is 0.241. The number of amides is 1. The van der Waals surface area contributed by atoms with E-state index in [9.17, 15) is 4.79 Å². The van der Waals surface area contributed by atoms with Crippen LogP contribution in [0.4, 0.5) is 11.4 Å². The molecule has 4 aromatic rings. The first-order chi connectivity index (χ1) is 17.6. The summed E-state index contributed by atoms with van der Waals surface area (Å²) in [5.41, 5.74) is 4.86. The Hall–Kier alpha value is -3.55. The molecular formula is C29H30N4O2S. The van der Waals surface area contributed by atoms with Gasteiger partial charge in [0.15, 0.2) is 0 Å². The van der Waals surface area contributed by atoms with Gasteiger partial charge in [-0.2, -0.15) is 0 Å². The molecule has 5 rings (SSSR count). The standard InChI is InChI=1S/C29H30N4O2S/c1-22-19-25(31-35-22)21-36-28-10-6-5-9-27(28)29(34)30-24-11-13-26(14-12-24)33-17-15-32(16-18-33)20-23-7-3-2-4-8-23/h2-14,19H,15-18,20-21H2,1H3,(H,30,34). The van der Waals surface area contributed by atoms with Gasteiger partial charge in [0.25, 0.3) is 5.91 Å². The van der Waals surface area contributed by atoms with E-state index in [1.807, 2.05) is 49.4 Å². The maximum absolute atomic E-state index is 13.0. The minimum absolute atomic E-state index is 0.114. The highest BCUT2D eigenvalue weighted by atomic mass is 32.2. The molecule has 1 aliphatic heterocycles. The number of aromatic nitrogens is 1. The number of carbonyl (C=O) groups is 1. The molecule has 1 aromatic heterocycles. The molecule has 2 heterocycles. The molecule has 7 heteroatoms. The molecule has 0 aliphatic carbocycles. The third kappa shape index (κ3) is 6.17. The first-order valence-corrected chi connectivity index (χ1v) is 13.2. The second-order valence-electron chi connectivity index (χ2n) is 8.96. The van der Waals surface area contributed by atoms with E-state index in [0.29, 0.717) is 11.3 Å². The molecule has 1 N–H and O–H groups in total. The molecule has 0 bridgehead atoms. The number of nitrogens with one attached hydrogen (secondary N) is 1. The lowest BCUT2D eigenvalue weighted by Gasteiger charge is -2.36. The van der Waals surface area contributed by atoms with E-state index in [1.54, 1.807) is 11.8 Å². The van der Waals surface area contributed by atoms with Crippen LogP contribution in [-0.4, -0.2) is 42.1 Å². The summed E-state index contributed by atoms with van der Waals surface area (Å²) in [6.45, 7) is 6.94. The average molecular weight is 499 g/mol. The van der Waals surface area contributed by atoms with E-state index in [1.165, 1.54) is 11.3 Å². The van der Waals surface area contributed by atoms with Crippen LogP contribution < -0.4 is 10.2 Å². The van der Waals surface area contributed by atoms with Gasteiger partial charge in [-0.1, -0.05) is 47.6 Å². The molecule has 1 saturated heterocycles. The van der Waals surface area contributed by atoms with Gasteiger partial charge in [0.1, 0.15) is 5.76 Å². The van der Waals surface area contributed by atoms with Gasteiger partial charge in [0.05, 0.1) is 11.3 Å². The Morgan fingerprint density at radius 2 is 1.67 bits per heavy atom. The largest absolute Gasteiger partial charge is 0.369 e. The summed E-state index contributed by atoms with van der Waals surface area (Å²) in [5, 5.41) is 7.09. The number of carbonyl (C=O) groups excluding carboxylic acids is 1. The normalized spacial score (nSPS) is 14.1. The van der Waals surface area contributed by atoms with Crippen LogP contribution in [0.3, 0.4) is 0 Å². The predicted octanol–water partition coefficient (Wildman–Crippen LogP) is 5.85. The quantitative estimate of drug-likeness (QED) is 0.308. The summed E-state index contributed by atoms with van der Waals surface area (Å²) in [7, 11) is 0. The van der Waals surface area contributed by atoms with Crippen molar-refractivity contribution in [1.29, 1.82) is 0 Å². The van der Waals surface area contributed by atoms with E-state index in [4.69, 9.17) is 4.52 Å². The second-order valence-corrected chi connectivity index (χ2v) is 9.98. The number of thioether (sulfide) groups is 1. The van der Waals surface area contributed by atoms with Gasteiger partial charge in [0, 0.05) is 60.8 Å². The zero-order valence-electron chi connectivity index (χ0n) is 20.4. The van der Waals surface area contributed by atoms with E-state index in [2.05, 4.69) is 62.7 Å². The van der Waals surface area contributed by atoms with E-state index >= 15 is 0 Å². The van der Waals surface area contributed by atoms with Crippen LogP contribution in [0, 0.1) is 6.92 Å². The van der Waals surface area contributed by atoms with Crippen molar-refractivity contribution in [2.45, 2.75) is 24.1 Å². The van der Waals surface area contributed by atoms with Gasteiger partial charge >= 0.3 is 0 Å². The van der Waals surface area contributed by atoms with Gasteiger partial charge in [-0.05, 0) is 48.9 Å². The smallest absolute Gasteiger partial charge is 0.256 e. The monoisotopic (exact) mass is 498 g/mol. The van der Waals surface area contributed by atoms with Crippen molar-refractivity contribution in [3.63, 3.8) is 0 Å². The first kappa shape index (κ1) is 24.2. The number of piperazine rings is 1. The maximum Gasteiger partial charge on any atom is 0.256 e. The van der Waals surface area contributed by atoms with E-state index in [-0.39, 0.29) is 5.91 Å². The van der Waals surface area contributed by atoms with Gasteiger partial charge in [-0.3, -0.25) is 9.69 Å². The lowest BCUT2D eigenvalue weighted by molar-refractivity contribution is 0.102. The summed E-state index contributed by atoms with van der Waals surface area (Å²) in [6, 6.07) is 28.4. The Morgan fingerprint density at radius 3 is 2.39 bits per heavy atom. The Labute approximate surface area is 216 Å². The van der Waals surface area contributed by atoms with Crippen LogP contribution in [0.1, 0.15) is 27.4 Å².